The molecule has 1 atom stereocenters. The first-order valence-electron chi connectivity index (χ1n) is 5.57. The average Bonchev–Trinajstić information content (AvgIpc) is 2.13. The molecule has 0 aromatic heterocycles. The van der Waals surface area contributed by atoms with Gasteiger partial charge in [-0.05, 0) is 12.3 Å². The molecular formula is C12H23NO3. The standard InChI is InChI=1S/C12H23NO3/c1-8(2)7-9(10(14)16-6)13-11(15)12(3,4)5/h8-9H,7H2,1-6H3,(H,13,15). The van der Waals surface area contributed by atoms with Crippen molar-refractivity contribution in [3.05, 3.63) is 0 Å². The molecule has 0 aliphatic carbocycles. The normalized spacial score (nSPS) is 13.4. The molecule has 0 saturated carbocycles. The molecule has 1 unspecified atom stereocenters. The summed E-state index contributed by atoms with van der Waals surface area (Å²) >= 11 is 0. The molecule has 0 bridgehead atoms. The lowest BCUT2D eigenvalue weighted by atomic mass is 9.94. The van der Waals surface area contributed by atoms with E-state index in [1.807, 2.05) is 34.6 Å². The summed E-state index contributed by atoms with van der Waals surface area (Å²) in [6, 6.07) is -0.545. The number of nitrogens with one attached hydrogen (secondary N) is 1. The Morgan fingerprint density at radius 2 is 1.75 bits per heavy atom. The second-order valence-electron chi connectivity index (χ2n) is 5.43. The molecule has 1 amide bonds. The van der Waals surface area contributed by atoms with Crippen LogP contribution >= 0.6 is 0 Å². The van der Waals surface area contributed by atoms with Gasteiger partial charge in [0.05, 0.1) is 7.11 Å². The average molecular weight is 229 g/mol. The van der Waals surface area contributed by atoms with Crippen LogP contribution in [0.15, 0.2) is 0 Å². The van der Waals surface area contributed by atoms with Crippen molar-refractivity contribution in [1.29, 1.82) is 0 Å². The third-order valence-corrected chi connectivity index (χ3v) is 2.18. The van der Waals surface area contributed by atoms with Gasteiger partial charge in [-0.2, -0.15) is 0 Å². The molecule has 16 heavy (non-hydrogen) atoms. The van der Waals surface area contributed by atoms with Gasteiger partial charge >= 0.3 is 5.97 Å². The Kier molecular flexibility index (Phi) is 5.48. The van der Waals surface area contributed by atoms with Gasteiger partial charge < -0.3 is 10.1 Å². The lowest BCUT2D eigenvalue weighted by Crippen LogP contribution is -2.46. The minimum atomic E-state index is -0.545. The summed E-state index contributed by atoms with van der Waals surface area (Å²) in [5.41, 5.74) is -0.497. The topological polar surface area (TPSA) is 55.4 Å². The third-order valence-electron chi connectivity index (χ3n) is 2.18. The van der Waals surface area contributed by atoms with Gasteiger partial charge in [0, 0.05) is 5.41 Å². The van der Waals surface area contributed by atoms with E-state index < -0.39 is 11.5 Å². The fourth-order valence-electron chi connectivity index (χ4n) is 1.20. The molecule has 4 nitrogen and oxygen atoms in total. The van der Waals surface area contributed by atoms with Gasteiger partial charge in [-0.1, -0.05) is 34.6 Å². The number of amides is 1. The van der Waals surface area contributed by atoms with E-state index in [4.69, 9.17) is 0 Å². The highest BCUT2D eigenvalue weighted by atomic mass is 16.5. The maximum atomic E-state index is 11.8. The van der Waals surface area contributed by atoms with Crippen molar-refractivity contribution in [2.45, 2.75) is 47.1 Å². The van der Waals surface area contributed by atoms with Crippen molar-refractivity contribution in [3.63, 3.8) is 0 Å². The summed E-state index contributed by atoms with van der Waals surface area (Å²) in [7, 11) is 1.33. The van der Waals surface area contributed by atoms with Crippen molar-refractivity contribution in [1.82, 2.24) is 5.32 Å². The fraction of sp³-hybridized carbons (Fsp3) is 0.833. The molecule has 0 aliphatic heterocycles. The van der Waals surface area contributed by atoms with Gasteiger partial charge in [0.2, 0.25) is 5.91 Å². The van der Waals surface area contributed by atoms with E-state index in [0.717, 1.165) is 0 Å². The Morgan fingerprint density at radius 3 is 2.06 bits per heavy atom. The van der Waals surface area contributed by atoms with Gasteiger partial charge in [-0.15, -0.1) is 0 Å². The number of carbonyl (C=O) groups is 2. The summed E-state index contributed by atoms with van der Waals surface area (Å²) in [6.07, 6.45) is 0.592. The van der Waals surface area contributed by atoms with Gasteiger partial charge in [-0.25, -0.2) is 4.79 Å². The maximum absolute atomic E-state index is 11.8. The molecule has 4 heteroatoms. The minimum Gasteiger partial charge on any atom is -0.467 e. The number of esters is 1. The highest BCUT2D eigenvalue weighted by molar-refractivity contribution is 5.87. The molecule has 94 valence electrons. The number of rotatable bonds is 4. The van der Waals surface area contributed by atoms with Crippen LogP contribution in [0.3, 0.4) is 0 Å². The molecule has 0 aromatic carbocycles. The van der Waals surface area contributed by atoms with Crippen LogP contribution in [0.1, 0.15) is 41.0 Å². The second-order valence-corrected chi connectivity index (χ2v) is 5.43. The Morgan fingerprint density at radius 1 is 1.25 bits per heavy atom. The summed E-state index contributed by atoms with van der Waals surface area (Å²) in [4.78, 5) is 23.2. The van der Waals surface area contributed by atoms with Crippen molar-refractivity contribution in [3.8, 4) is 0 Å². The quantitative estimate of drug-likeness (QED) is 0.747. The number of hydrogen-bond donors (Lipinski definition) is 1. The monoisotopic (exact) mass is 229 g/mol. The molecule has 1 N–H and O–H groups in total. The van der Waals surface area contributed by atoms with E-state index in [2.05, 4.69) is 10.1 Å². The molecule has 0 radical (unpaired) electrons. The largest absolute Gasteiger partial charge is 0.467 e. The Balaban J connectivity index is 4.55. The third kappa shape index (κ3) is 5.14. The zero-order valence-electron chi connectivity index (χ0n) is 11.1. The van der Waals surface area contributed by atoms with Crippen LogP contribution in [0, 0.1) is 11.3 Å². The minimum absolute atomic E-state index is 0.136. The Bertz CT molecular complexity index is 253. The number of ether oxygens (including phenoxy) is 1. The lowest BCUT2D eigenvalue weighted by molar-refractivity contribution is -0.146. The first kappa shape index (κ1) is 14.9. The Labute approximate surface area is 97.7 Å². The smallest absolute Gasteiger partial charge is 0.328 e. The second kappa shape index (κ2) is 5.87. The van der Waals surface area contributed by atoms with E-state index in [1.54, 1.807) is 0 Å². The highest BCUT2D eigenvalue weighted by Crippen LogP contribution is 2.14. The first-order chi connectivity index (χ1) is 7.18. The SMILES string of the molecule is COC(=O)C(CC(C)C)NC(=O)C(C)(C)C. The molecule has 0 aliphatic rings. The number of hydrogen-bond acceptors (Lipinski definition) is 3. The van der Waals surface area contributed by atoms with Crippen LogP contribution in [-0.2, 0) is 14.3 Å². The molecule has 0 fully saturated rings. The van der Waals surface area contributed by atoms with E-state index in [-0.39, 0.29) is 11.9 Å². The van der Waals surface area contributed by atoms with Crippen molar-refractivity contribution < 1.29 is 14.3 Å². The summed E-state index contributed by atoms with van der Waals surface area (Å²) in [6.45, 7) is 9.43. The van der Waals surface area contributed by atoms with Gasteiger partial charge in [0.1, 0.15) is 6.04 Å². The lowest BCUT2D eigenvalue weighted by Gasteiger charge is -2.23. The van der Waals surface area contributed by atoms with Crippen LogP contribution in [0.4, 0.5) is 0 Å². The van der Waals surface area contributed by atoms with E-state index >= 15 is 0 Å². The predicted octanol–water partition coefficient (Wildman–Crippen LogP) is 1.74. The van der Waals surface area contributed by atoms with Gasteiger partial charge in [-0.3, -0.25) is 4.79 Å². The Hall–Kier alpha value is -1.06. The van der Waals surface area contributed by atoms with Crippen molar-refractivity contribution in [2.24, 2.45) is 11.3 Å². The van der Waals surface area contributed by atoms with Crippen molar-refractivity contribution in [2.75, 3.05) is 7.11 Å². The fourth-order valence-corrected chi connectivity index (χ4v) is 1.20. The maximum Gasteiger partial charge on any atom is 0.328 e. The highest BCUT2D eigenvalue weighted by Gasteiger charge is 2.28. The predicted molar refractivity (Wildman–Crippen MR) is 62.9 cm³/mol. The van der Waals surface area contributed by atoms with Crippen LogP contribution in [0.5, 0.6) is 0 Å². The summed E-state index contributed by atoms with van der Waals surface area (Å²) in [5.74, 6) is -0.195. The summed E-state index contributed by atoms with van der Waals surface area (Å²) < 4.78 is 4.67. The molecular weight excluding hydrogens is 206 g/mol. The number of methoxy groups -OCH3 is 1. The van der Waals surface area contributed by atoms with E-state index in [0.29, 0.717) is 12.3 Å². The van der Waals surface area contributed by atoms with Crippen molar-refractivity contribution >= 4 is 11.9 Å². The van der Waals surface area contributed by atoms with E-state index in [9.17, 15) is 9.59 Å². The van der Waals surface area contributed by atoms with Crippen LogP contribution in [0.25, 0.3) is 0 Å². The first-order valence-corrected chi connectivity index (χ1v) is 5.57. The molecule has 0 aromatic rings. The van der Waals surface area contributed by atoms with E-state index in [1.165, 1.54) is 7.11 Å². The van der Waals surface area contributed by atoms with Crippen LogP contribution < -0.4 is 5.32 Å². The molecule has 0 rings (SSSR count). The summed E-state index contributed by atoms with van der Waals surface area (Å²) in [5, 5.41) is 2.73. The van der Waals surface area contributed by atoms with Crippen LogP contribution in [0.2, 0.25) is 0 Å². The molecule has 0 spiro atoms. The molecule has 0 heterocycles. The number of carbonyl (C=O) groups excluding carboxylic acids is 2. The zero-order valence-corrected chi connectivity index (χ0v) is 11.1. The zero-order chi connectivity index (χ0) is 12.9. The van der Waals surface area contributed by atoms with Gasteiger partial charge in [0.25, 0.3) is 0 Å². The van der Waals surface area contributed by atoms with Gasteiger partial charge in [0.15, 0.2) is 0 Å². The molecule has 0 saturated heterocycles. The van der Waals surface area contributed by atoms with Crippen LogP contribution in [-0.4, -0.2) is 25.0 Å².